The second-order valence-corrected chi connectivity index (χ2v) is 4.38. The number of carboxylic acid groups (broad SMARTS) is 1. The first-order valence-corrected chi connectivity index (χ1v) is 6.02. The largest absolute Gasteiger partial charge is 0.477 e. The second-order valence-electron chi connectivity index (χ2n) is 4.38. The van der Waals surface area contributed by atoms with E-state index in [4.69, 9.17) is 4.74 Å². The number of hydrogen-bond acceptors (Lipinski definition) is 5. The van der Waals surface area contributed by atoms with Gasteiger partial charge in [-0.1, -0.05) is 0 Å². The number of non-ortho nitro benzene ring substituents is 1. The molecule has 0 amide bonds. The molecule has 1 N–H and O–H groups in total. The number of benzene rings is 1. The molecule has 0 aliphatic heterocycles. The Labute approximate surface area is 120 Å². The molecule has 0 saturated heterocycles. The Morgan fingerprint density at radius 1 is 1.29 bits per heavy atom. The molecular weight excluding hydrogens is 276 g/mol. The average molecular weight is 288 g/mol. The number of rotatable bonds is 4. The number of aromatic nitrogens is 1. The molecule has 0 fully saturated rings. The van der Waals surface area contributed by atoms with Crippen molar-refractivity contribution in [2.24, 2.45) is 0 Å². The molecule has 2 rings (SSSR count). The van der Waals surface area contributed by atoms with Crippen LogP contribution in [0.5, 0.6) is 11.5 Å². The molecule has 1 aromatic heterocycles. The van der Waals surface area contributed by atoms with Crippen LogP contribution in [-0.2, 0) is 0 Å². The zero-order valence-electron chi connectivity index (χ0n) is 11.4. The quantitative estimate of drug-likeness (QED) is 0.685. The van der Waals surface area contributed by atoms with Gasteiger partial charge in [-0.05, 0) is 26.0 Å². The summed E-state index contributed by atoms with van der Waals surface area (Å²) in [5, 5.41) is 19.8. The summed E-state index contributed by atoms with van der Waals surface area (Å²) in [5.41, 5.74) is 0.871. The van der Waals surface area contributed by atoms with E-state index >= 15 is 0 Å². The number of hydrogen-bond donors (Lipinski definition) is 1. The first-order chi connectivity index (χ1) is 9.88. The molecule has 7 nitrogen and oxygen atoms in total. The van der Waals surface area contributed by atoms with Gasteiger partial charge in [-0.3, -0.25) is 15.1 Å². The molecule has 108 valence electrons. The number of ether oxygens (including phenoxy) is 1. The Kier molecular flexibility index (Phi) is 3.84. The maximum absolute atomic E-state index is 11.3. The van der Waals surface area contributed by atoms with Crippen molar-refractivity contribution >= 4 is 11.7 Å². The predicted molar refractivity (Wildman–Crippen MR) is 73.8 cm³/mol. The van der Waals surface area contributed by atoms with Crippen LogP contribution in [0, 0.1) is 24.0 Å². The number of aromatic carboxylic acids is 1. The number of pyridine rings is 1. The van der Waals surface area contributed by atoms with Crippen molar-refractivity contribution in [3.8, 4) is 11.5 Å². The highest BCUT2D eigenvalue weighted by Crippen LogP contribution is 2.28. The molecule has 0 aliphatic rings. The summed E-state index contributed by atoms with van der Waals surface area (Å²) in [4.78, 5) is 25.4. The molecule has 1 heterocycles. The first kappa shape index (κ1) is 14.4. The lowest BCUT2D eigenvalue weighted by molar-refractivity contribution is -0.384. The fraction of sp³-hybridized carbons (Fsp3) is 0.143. The molecule has 0 unspecified atom stereocenters. The van der Waals surface area contributed by atoms with Gasteiger partial charge in [-0.25, -0.2) is 4.79 Å². The number of carboxylic acids is 1. The molecule has 0 radical (unpaired) electrons. The van der Waals surface area contributed by atoms with Crippen LogP contribution < -0.4 is 4.74 Å². The van der Waals surface area contributed by atoms with Gasteiger partial charge in [0.1, 0.15) is 17.1 Å². The zero-order valence-corrected chi connectivity index (χ0v) is 11.4. The lowest BCUT2D eigenvalue weighted by atomic mass is 10.1. The molecule has 2 aromatic rings. The van der Waals surface area contributed by atoms with Crippen molar-refractivity contribution in [1.82, 2.24) is 4.98 Å². The molecule has 0 bridgehead atoms. The van der Waals surface area contributed by atoms with Crippen LogP contribution in [0.25, 0.3) is 0 Å². The third kappa shape index (κ3) is 3.14. The van der Waals surface area contributed by atoms with Gasteiger partial charge in [0.2, 0.25) is 0 Å². The standard InChI is InChI=1S/C14H12N2O5/c1-8-7-12(13(14(17)18)9(2)15-8)21-11-5-3-10(4-6-11)16(19)20/h3-7H,1-2H3,(H,17,18). The van der Waals surface area contributed by atoms with Crippen LogP contribution in [-0.4, -0.2) is 21.0 Å². The van der Waals surface area contributed by atoms with E-state index in [9.17, 15) is 20.0 Å². The van der Waals surface area contributed by atoms with E-state index in [1.807, 2.05) is 0 Å². The number of nitrogens with zero attached hydrogens (tertiary/aromatic N) is 2. The average Bonchev–Trinajstić information content (AvgIpc) is 2.37. The van der Waals surface area contributed by atoms with E-state index in [2.05, 4.69) is 4.98 Å². The van der Waals surface area contributed by atoms with E-state index in [0.29, 0.717) is 17.1 Å². The van der Waals surface area contributed by atoms with Gasteiger partial charge in [0.25, 0.3) is 5.69 Å². The summed E-state index contributed by atoms with van der Waals surface area (Å²) < 4.78 is 5.52. The minimum atomic E-state index is -1.14. The highest BCUT2D eigenvalue weighted by molar-refractivity contribution is 5.92. The number of aryl methyl sites for hydroxylation is 2. The molecule has 7 heteroatoms. The smallest absolute Gasteiger partial charge is 0.341 e. The van der Waals surface area contributed by atoms with Gasteiger partial charge in [-0.2, -0.15) is 0 Å². The maximum atomic E-state index is 11.3. The van der Waals surface area contributed by atoms with Crippen LogP contribution >= 0.6 is 0 Å². The molecule has 0 aliphatic carbocycles. The molecule has 0 spiro atoms. The molecule has 1 aromatic carbocycles. The van der Waals surface area contributed by atoms with Gasteiger partial charge in [-0.15, -0.1) is 0 Å². The van der Waals surface area contributed by atoms with Crippen LogP contribution in [0.2, 0.25) is 0 Å². The number of nitro groups is 1. The highest BCUT2D eigenvalue weighted by Gasteiger charge is 2.17. The second kappa shape index (κ2) is 5.58. The summed E-state index contributed by atoms with van der Waals surface area (Å²) in [7, 11) is 0. The summed E-state index contributed by atoms with van der Waals surface area (Å²) in [5.74, 6) is -0.675. The van der Waals surface area contributed by atoms with Crippen molar-refractivity contribution in [1.29, 1.82) is 0 Å². The molecular formula is C14H12N2O5. The van der Waals surface area contributed by atoms with Gasteiger partial charge in [0.05, 0.1) is 10.6 Å². The van der Waals surface area contributed by atoms with Crippen LogP contribution in [0.15, 0.2) is 30.3 Å². The van der Waals surface area contributed by atoms with Gasteiger partial charge in [0, 0.05) is 23.9 Å². The van der Waals surface area contributed by atoms with E-state index < -0.39 is 10.9 Å². The van der Waals surface area contributed by atoms with E-state index in [1.54, 1.807) is 13.8 Å². The normalized spacial score (nSPS) is 10.2. The van der Waals surface area contributed by atoms with Crippen molar-refractivity contribution < 1.29 is 19.6 Å². The fourth-order valence-corrected chi connectivity index (χ4v) is 1.90. The van der Waals surface area contributed by atoms with Crippen LogP contribution in [0.3, 0.4) is 0 Å². The van der Waals surface area contributed by atoms with Crippen molar-refractivity contribution in [2.45, 2.75) is 13.8 Å². The third-order valence-corrected chi connectivity index (χ3v) is 2.78. The monoisotopic (exact) mass is 288 g/mol. The van der Waals surface area contributed by atoms with Crippen LogP contribution in [0.1, 0.15) is 21.7 Å². The van der Waals surface area contributed by atoms with Gasteiger partial charge in [0.15, 0.2) is 0 Å². The minimum absolute atomic E-state index is 0.0287. The number of nitro benzene ring substituents is 1. The van der Waals surface area contributed by atoms with E-state index in [-0.39, 0.29) is 17.0 Å². The third-order valence-electron chi connectivity index (χ3n) is 2.78. The Morgan fingerprint density at radius 3 is 2.43 bits per heavy atom. The predicted octanol–water partition coefficient (Wildman–Crippen LogP) is 3.10. The van der Waals surface area contributed by atoms with E-state index in [0.717, 1.165) is 0 Å². The summed E-state index contributed by atoms with van der Waals surface area (Å²) in [6.45, 7) is 3.31. The summed E-state index contributed by atoms with van der Waals surface area (Å²) in [6.07, 6.45) is 0. The van der Waals surface area contributed by atoms with Crippen molar-refractivity contribution in [3.63, 3.8) is 0 Å². The Hall–Kier alpha value is -2.96. The first-order valence-electron chi connectivity index (χ1n) is 6.02. The fourth-order valence-electron chi connectivity index (χ4n) is 1.90. The summed E-state index contributed by atoms with van der Waals surface area (Å²) >= 11 is 0. The van der Waals surface area contributed by atoms with Crippen molar-refractivity contribution in [2.75, 3.05) is 0 Å². The Bertz CT molecular complexity index is 710. The SMILES string of the molecule is Cc1cc(Oc2ccc([N+](=O)[O-])cc2)c(C(=O)O)c(C)n1. The van der Waals surface area contributed by atoms with Crippen LogP contribution in [0.4, 0.5) is 5.69 Å². The van der Waals surface area contributed by atoms with Gasteiger partial charge < -0.3 is 9.84 Å². The maximum Gasteiger partial charge on any atom is 0.341 e. The van der Waals surface area contributed by atoms with Crippen molar-refractivity contribution in [3.05, 3.63) is 57.4 Å². The lowest BCUT2D eigenvalue weighted by Gasteiger charge is -2.11. The van der Waals surface area contributed by atoms with E-state index in [1.165, 1.54) is 30.3 Å². The topological polar surface area (TPSA) is 103 Å². The molecule has 21 heavy (non-hydrogen) atoms. The number of carbonyl (C=O) groups is 1. The zero-order chi connectivity index (χ0) is 15.6. The highest BCUT2D eigenvalue weighted by atomic mass is 16.6. The Morgan fingerprint density at radius 2 is 1.90 bits per heavy atom. The lowest BCUT2D eigenvalue weighted by Crippen LogP contribution is -2.06. The minimum Gasteiger partial charge on any atom is -0.477 e. The molecule has 0 saturated carbocycles. The van der Waals surface area contributed by atoms with Gasteiger partial charge >= 0.3 is 5.97 Å². The summed E-state index contributed by atoms with van der Waals surface area (Å²) in [6, 6.07) is 6.91. The Balaban J connectivity index is 2.39. The molecule has 0 atom stereocenters.